The van der Waals surface area contributed by atoms with Gasteiger partial charge in [-0.05, 0) is 119 Å². The van der Waals surface area contributed by atoms with Gasteiger partial charge in [-0.3, -0.25) is 14.2 Å². The van der Waals surface area contributed by atoms with Gasteiger partial charge in [-0.1, -0.05) is 10.3 Å². The number of aliphatic hydroxyl groups is 1. The van der Waals surface area contributed by atoms with E-state index in [0.717, 1.165) is 6.54 Å². The lowest BCUT2D eigenvalue weighted by Gasteiger charge is -2.10. The van der Waals surface area contributed by atoms with Gasteiger partial charge in [0.15, 0.2) is 6.29 Å². The van der Waals surface area contributed by atoms with Crippen molar-refractivity contribution >= 4 is 60.7 Å². The second-order valence-electron chi connectivity index (χ2n) is 9.91. The maximum Gasteiger partial charge on any atom is 0.155 e. The van der Waals surface area contributed by atoms with E-state index in [2.05, 4.69) is 81.9 Å². The summed E-state index contributed by atoms with van der Waals surface area (Å²) in [5.41, 5.74) is 3.75. The third kappa shape index (κ3) is 8.88. The molecule has 1 N–H and O–H groups in total. The maximum absolute atomic E-state index is 13.3. The molecule has 47 heavy (non-hydrogen) atoms. The molecule has 2 aromatic carbocycles. The topological polar surface area (TPSA) is 125 Å². The SMILES string of the molecule is CCn1cc(C(O)c2c(-c3ccc(F)cc3Br)noc2C)cn1.CCn1cc(I)cn1.Cc1onc(-c2ccc(F)cc2Br)c1C=O. The molecule has 4 heterocycles. The van der Waals surface area contributed by atoms with E-state index in [9.17, 15) is 18.7 Å². The summed E-state index contributed by atoms with van der Waals surface area (Å²) in [6, 6.07) is 8.46. The highest BCUT2D eigenvalue weighted by Crippen LogP contribution is 2.37. The number of aldehydes is 1. The Kier molecular flexibility index (Phi) is 12.8. The van der Waals surface area contributed by atoms with Crippen molar-refractivity contribution in [3.63, 3.8) is 0 Å². The Hall–Kier alpha value is -3.54. The monoisotopic (exact) mass is 884 g/mol. The van der Waals surface area contributed by atoms with Gasteiger partial charge in [-0.2, -0.15) is 10.2 Å². The molecule has 0 aliphatic heterocycles. The smallest absolute Gasteiger partial charge is 0.155 e. The van der Waals surface area contributed by atoms with E-state index in [-0.39, 0.29) is 11.6 Å². The number of nitrogens with zero attached hydrogens (tertiary/aromatic N) is 6. The number of carbonyl (C=O) groups is 1. The van der Waals surface area contributed by atoms with E-state index in [1.165, 1.54) is 27.8 Å². The fraction of sp³-hybridized carbons (Fsp3) is 0.219. The molecule has 0 radical (unpaired) electrons. The van der Waals surface area contributed by atoms with Gasteiger partial charge >= 0.3 is 0 Å². The minimum Gasteiger partial charge on any atom is -0.383 e. The third-order valence-corrected chi connectivity index (χ3v) is 8.67. The van der Waals surface area contributed by atoms with Crippen molar-refractivity contribution in [3.8, 4) is 22.5 Å². The summed E-state index contributed by atoms with van der Waals surface area (Å²) < 4.78 is 42.3. The Morgan fingerprint density at radius 1 is 0.872 bits per heavy atom. The highest BCUT2D eigenvalue weighted by atomic mass is 127. The van der Waals surface area contributed by atoms with Gasteiger partial charge in [0.05, 0.1) is 27.1 Å². The molecule has 0 saturated carbocycles. The van der Waals surface area contributed by atoms with Crippen molar-refractivity contribution in [1.29, 1.82) is 0 Å². The number of hydrogen-bond donors (Lipinski definition) is 1. The van der Waals surface area contributed by atoms with Crippen LogP contribution in [0.1, 0.15) is 53.0 Å². The van der Waals surface area contributed by atoms with E-state index in [4.69, 9.17) is 9.05 Å². The minimum atomic E-state index is -0.923. The number of hydrogen-bond acceptors (Lipinski definition) is 8. The van der Waals surface area contributed by atoms with Gasteiger partial charge in [0, 0.05) is 51.1 Å². The molecular formula is C32H29Br2F2IN6O4. The van der Waals surface area contributed by atoms with E-state index in [1.807, 2.05) is 24.0 Å². The van der Waals surface area contributed by atoms with Crippen LogP contribution in [0.2, 0.25) is 0 Å². The van der Waals surface area contributed by atoms with Crippen LogP contribution in [0.15, 0.2) is 79.2 Å². The van der Waals surface area contributed by atoms with Crippen LogP contribution >= 0.6 is 54.5 Å². The first-order valence-electron chi connectivity index (χ1n) is 14.1. The second-order valence-corrected chi connectivity index (χ2v) is 12.9. The van der Waals surface area contributed by atoms with E-state index >= 15 is 0 Å². The molecule has 4 aromatic heterocycles. The van der Waals surface area contributed by atoms with Crippen molar-refractivity contribution < 1.29 is 27.7 Å². The average molecular weight is 886 g/mol. The van der Waals surface area contributed by atoms with Gasteiger partial charge < -0.3 is 14.2 Å². The van der Waals surface area contributed by atoms with Crippen molar-refractivity contribution in [2.24, 2.45) is 0 Å². The second kappa shape index (κ2) is 16.5. The van der Waals surface area contributed by atoms with Crippen molar-refractivity contribution in [2.75, 3.05) is 0 Å². The molecule has 6 aromatic rings. The summed E-state index contributed by atoms with van der Waals surface area (Å²) in [5, 5.41) is 26.8. The fourth-order valence-corrected chi connectivity index (χ4v) is 5.87. The molecule has 0 fully saturated rings. The normalized spacial score (nSPS) is 11.4. The lowest BCUT2D eigenvalue weighted by Crippen LogP contribution is -2.02. The number of aliphatic hydroxyl groups excluding tert-OH is 1. The van der Waals surface area contributed by atoms with Crippen LogP contribution < -0.4 is 0 Å². The molecular weight excluding hydrogens is 857 g/mol. The van der Waals surface area contributed by atoms with E-state index in [1.54, 1.807) is 43.1 Å². The van der Waals surface area contributed by atoms with Crippen molar-refractivity contribution in [2.45, 2.75) is 46.9 Å². The van der Waals surface area contributed by atoms with Crippen LogP contribution in [0.3, 0.4) is 0 Å². The largest absolute Gasteiger partial charge is 0.383 e. The Balaban J connectivity index is 0.000000180. The molecule has 0 aliphatic carbocycles. The van der Waals surface area contributed by atoms with Crippen molar-refractivity contribution in [3.05, 3.63) is 114 Å². The number of carbonyl (C=O) groups excluding carboxylic acids is 1. The number of benzene rings is 2. The third-order valence-electron chi connectivity index (χ3n) is 6.80. The van der Waals surface area contributed by atoms with Gasteiger partial charge in [0.2, 0.25) is 0 Å². The average Bonchev–Trinajstić information content (AvgIpc) is 3.85. The number of aromatic nitrogens is 6. The van der Waals surface area contributed by atoms with Crippen LogP contribution in [0.5, 0.6) is 0 Å². The van der Waals surface area contributed by atoms with Gasteiger partial charge in [-0.15, -0.1) is 0 Å². The number of rotatable bonds is 7. The lowest BCUT2D eigenvalue weighted by molar-refractivity contribution is 0.112. The summed E-state index contributed by atoms with van der Waals surface area (Å²) in [6.07, 6.45) is 7.01. The predicted molar refractivity (Wildman–Crippen MR) is 187 cm³/mol. The molecule has 0 saturated heterocycles. The first-order chi connectivity index (χ1) is 22.5. The van der Waals surface area contributed by atoms with E-state index in [0.29, 0.717) is 72.5 Å². The maximum atomic E-state index is 13.3. The Morgan fingerprint density at radius 2 is 1.40 bits per heavy atom. The molecule has 0 bridgehead atoms. The summed E-state index contributed by atoms with van der Waals surface area (Å²) in [4.78, 5) is 10.9. The molecule has 1 atom stereocenters. The van der Waals surface area contributed by atoms with Gasteiger partial charge in [-0.25, -0.2) is 8.78 Å². The molecule has 246 valence electrons. The predicted octanol–water partition coefficient (Wildman–Crippen LogP) is 8.72. The fourth-order valence-electron chi connectivity index (χ4n) is 4.34. The highest BCUT2D eigenvalue weighted by molar-refractivity contribution is 14.1. The molecule has 0 aliphatic rings. The quantitative estimate of drug-likeness (QED) is 0.125. The zero-order chi connectivity index (χ0) is 34.2. The first-order valence-corrected chi connectivity index (χ1v) is 16.8. The van der Waals surface area contributed by atoms with Crippen LogP contribution in [-0.4, -0.2) is 41.3 Å². The zero-order valence-corrected chi connectivity index (χ0v) is 30.9. The lowest BCUT2D eigenvalue weighted by atomic mass is 9.98. The van der Waals surface area contributed by atoms with Crippen LogP contribution in [0, 0.1) is 29.1 Å². The Morgan fingerprint density at radius 3 is 1.89 bits per heavy atom. The molecule has 6 rings (SSSR count). The van der Waals surface area contributed by atoms with Crippen LogP contribution in [0.4, 0.5) is 8.78 Å². The number of halogens is 5. The standard InChI is InChI=1S/C16H15BrFN3O2.C11H7BrFNO2.C5H7IN2/c1-3-21-8-10(7-19-21)16(22)14-9(2)23-20-15(14)12-5-4-11(18)6-13(12)17;1-6-9(5-15)11(14-16-6)8-3-2-7(13)4-10(8)12;1-2-8-4-5(6)3-7-8/h4-8,16,22H,3H2,1-2H3;2-5H,1H3;3-4H,2H2,1H3. The van der Waals surface area contributed by atoms with Gasteiger partial charge in [0.25, 0.3) is 0 Å². The first kappa shape index (κ1) is 36.3. The zero-order valence-electron chi connectivity index (χ0n) is 25.6. The summed E-state index contributed by atoms with van der Waals surface area (Å²) in [7, 11) is 0. The summed E-state index contributed by atoms with van der Waals surface area (Å²) in [6.45, 7) is 9.10. The minimum absolute atomic E-state index is 0.354. The van der Waals surface area contributed by atoms with Gasteiger partial charge in [0.1, 0.15) is 40.6 Å². The summed E-state index contributed by atoms with van der Waals surface area (Å²) in [5.74, 6) is 0.241. The molecule has 0 amide bonds. The summed E-state index contributed by atoms with van der Waals surface area (Å²) >= 11 is 8.79. The van der Waals surface area contributed by atoms with Crippen LogP contribution in [0.25, 0.3) is 22.5 Å². The van der Waals surface area contributed by atoms with Crippen molar-refractivity contribution in [1.82, 2.24) is 29.9 Å². The van der Waals surface area contributed by atoms with E-state index < -0.39 is 6.10 Å². The Bertz CT molecular complexity index is 1970. The Labute approximate surface area is 299 Å². The molecule has 1 unspecified atom stereocenters. The number of aryl methyl sites for hydroxylation is 4. The highest BCUT2D eigenvalue weighted by Gasteiger charge is 2.25. The molecule has 0 spiro atoms. The molecule has 15 heteroatoms. The molecule has 10 nitrogen and oxygen atoms in total. The van der Waals surface area contributed by atoms with Crippen LogP contribution in [-0.2, 0) is 13.1 Å².